The van der Waals surface area contributed by atoms with Crippen LogP contribution in [0.2, 0.25) is 0 Å². The van der Waals surface area contributed by atoms with Crippen molar-refractivity contribution < 1.29 is 0 Å². The van der Waals surface area contributed by atoms with E-state index >= 15 is 0 Å². The zero-order valence-electron chi connectivity index (χ0n) is 11.3. The summed E-state index contributed by atoms with van der Waals surface area (Å²) in [5.41, 5.74) is 1.21. The molecule has 0 N–H and O–H groups in total. The van der Waals surface area contributed by atoms with Crippen molar-refractivity contribution in [1.29, 1.82) is 0 Å². The van der Waals surface area contributed by atoms with Gasteiger partial charge < -0.3 is 4.57 Å². The average molecular weight is 256 g/mol. The molecule has 19 heavy (non-hydrogen) atoms. The summed E-state index contributed by atoms with van der Waals surface area (Å²) in [5.74, 6) is 2.26. The molecule has 0 aromatic carbocycles. The summed E-state index contributed by atoms with van der Waals surface area (Å²) in [7, 11) is 0. The molecule has 0 aliphatic carbocycles. The van der Waals surface area contributed by atoms with E-state index in [2.05, 4.69) is 25.8 Å². The maximum Gasteiger partial charge on any atom is 0.137 e. The normalized spacial score (nSPS) is 16.2. The van der Waals surface area contributed by atoms with Crippen LogP contribution in [0.15, 0.2) is 24.5 Å². The molecule has 3 heterocycles. The van der Waals surface area contributed by atoms with Crippen molar-refractivity contribution >= 4 is 0 Å². The Kier molecular flexibility index (Phi) is 3.86. The van der Waals surface area contributed by atoms with Crippen molar-refractivity contribution in [3.63, 3.8) is 0 Å². The van der Waals surface area contributed by atoms with E-state index in [1.165, 1.54) is 43.5 Å². The molecule has 2 aromatic rings. The molecule has 100 valence electrons. The first-order chi connectivity index (χ1) is 9.43. The van der Waals surface area contributed by atoms with E-state index in [9.17, 15) is 0 Å². The van der Waals surface area contributed by atoms with Gasteiger partial charge in [-0.2, -0.15) is 0 Å². The van der Waals surface area contributed by atoms with Gasteiger partial charge in [-0.3, -0.25) is 4.98 Å². The Bertz CT molecular complexity index is 518. The lowest BCUT2D eigenvalue weighted by Gasteiger charge is -2.08. The molecule has 0 saturated carbocycles. The zero-order valence-corrected chi connectivity index (χ0v) is 11.3. The molecule has 3 rings (SSSR count). The molecule has 0 radical (unpaired) electrons. The van der Waals surface area contributed by atoms with Crippen LogP contribution in [0.5, 0.6) is 0 Å². The van der Waals surface area contributed by atoms with Gasteiger partial charge in [-0.05, 0) is 24.5 Å². The summed E-state index contributed by atoms with van der Waals surface area (Å²) in [6, 6.07) is 4.08. The molecule has 4 nitrogen and oxygen atoms in total. The van der Waals surface area contributed by atoms with Gasteiger partial charge in [-0.15, -0.1) is 10.2 Å². The minimum atomic E-state index is 0.834. The van der Waals surface area contributed by atoms with Gasteiger partial charge in [0.1, 0.15) is 11.6 Å². The van der Waals surface area contributed by atoms with Crippen LogP contribution in [-0.2, 0) is 19.4 Å². The Hall–Kier alpha value is -1.71. The van der Waals surface area contributed by atoms with Crippen molar-refractivity contribution in [2.24, 2.45) is 0 Å². The summed E-state index contributed by atoms with van der Waals surface area (Å²) in [6.45, 7) is 1.07. The molecule has 1 aliphatic heterocycles. The fourth-order valence-electron chi connectivity index (χ4n) is 2.71. The molecule has 0 saturated heterocycles. The maximum atomic E-state index is 4.39. The monoisotopic (exact) mass is 256 g/mol. The Morgan fingerprint density at radius 1 is 1.05 bits per heavy atom. The first-order valence-electron chi connectivity index (χ1n) is 7.23. The number of nitrogens with zero attached hydrogens (tertiary/aromatic N) is 4. The number of aromatic nitrogens is 4. The molecule has 0 bridgehead atoms. The van der Waals surface area contributed by atoms with Gasteiger partial charge in [-0.25, -0.2) is 0 Å². The second-order valence-corrected chi connectivity index (χ2v) is 5.24. The highest BCUT2D eigenvalue weighted by atomic mass is 15.3. The van der Waals surface area contributed by atoms with E-state index in [0.29, 0.717) is 0 Å². The quantitative estimate of drug-likeness (QED) is 0.830. The summed E-state index contributed by atoms with van der Waals surface area (Å²) in [4.78, 5) is 4.17. The third-order valence-corrected chi connectivity index (χ3v) is 3.77. The molecule has 1 aliphatic rings. The highest BCUT2D eigenvalue weighted by Crippen LogP contribution is 2.16. The summed E-state index contributed by atoms with van der Waals surface area (Å²) in [5, 5.41) is 8.78. The highest BCUT2D eigenvalue weighted by Gasteiger charge is 2.13. The smallest absolute Gasteiger partial charge is 0.137 e. The lowest BCUT2D eigenvalue weighted by atomic mass is 10.1. The molecule has 0 amide bonds. The van der Waals surface area contributed by atoms with Gasteiger partial charge in [0.15, 0.2) is 0 Å². The Morgan fingerprint density at radius 3 is 2.84 bits per heavy atom. The van der Waals surface area contributed by atoms with E-state index < -0.39 is 0 Å². The number of fused-ring (bicyclic) bond motifs is 1. The van der Waals surface area contributed by atoms with Crippen LogP contribution in [0.25, 0.3) is 0 Å². The van der Waals surface area contributed by atoms with Crippen LogP contribution in [-0.4, -0.2) is 19.7 Å². The number of hydrogen-bond donors (Lipinski definition) is 0. The molecular formula is C15H20N4. The van der Waals surface area contributed by atoms with Crippen LogP contribution in [0.4, 0.5) is 0 Å². The van der Waals surface area contributed by atoms with Crippen molar-refractivity contribution in [2.75, 3.05) is 0 Å². The predicted octanol–water partition coefficient (Wildman–Crippen LogP) is 2.77. The van der Waals surface area contributed by atoms with Gasteiger partial charge in [0.05, 0.1) is 0 Å². The summed E-state index contributed by atoms with van der Waals surface area (Å²) < 4.78 is 2.33. The van der Waals surface area contributed by atoms with Crippen LogP contribution in [0, 0.1) is 0 Å². The van der Waals surface area contributed by atoms with Crippen LogP contribution >= 0.6 is 0 Å². The standard InChI is InChI=1S/C15H20N4/c1-2-4-8-14-17-18-15(19(14)10-5-3-1)11-13-7-6-9-16-12-13/h6-7,9,12H,1-5,8,10-11H2. The van der Waals surface area contributed by atoms with Gasteiger partial charge in [0.2, 0.25) is 0 Å². The maximum absolute atomic E-state index is 4.39. The van der Waals surface area contributed by atoms with Gasteiger partial charge in [0.25, 0.3) is 0 Å². The van der Waals surface area contributed by atoms with Gasteiger partial charge in [-0.1, -0.05) is 25.3 Å². The van der Waals surface area contributed by atoms with E-state index in [1.807, 2.05) is 18.5 Å². The number of aryl methyl sites for hydroxylation is 1. The molecule has 2 aromatic heterocycles. The lowest BCUT2D eigenvalue weighted by molar-refractivity contribution is 0.570. The minimum absolute atomic E-state index is 0.834. The second-order valence-electron chi connectivity index (χ2n) is 5.24. The third kappa shape index (κ3) is 3.00. The topological polar surface area (TPSA) is 43.6 Å². The SMILES string of the molecule is c1cncc(Cc2nnc3n2CCCCCCC3)c1. The van der Waals surface area contributed by atoms with Crippen molar-refractivity contribution in [1.82, 2.24) is 19.7 Å². The average Bonchev–Trinajstić information content (AvgIpc) is 2.85. The summed E-state index contributed by atoms with van der Waals surface area (Å²) in [6.07, 6.45) is 12.1. The first-order valence-corrected chi connectivity index (χ1v) is 7.23. The molecule has 0 fully saturated rings. The molecule has 4 heteroatoms. The van der Waals surface area contributed by atoms with Gasteiger partial charge in [0, 0.05) is 31.8 Å². The fraction of sp³-hybridized carbons (Fsp3) is 0.533. The Labute approximate surface area is 113 Å². The molecule has 0 spiro atoms. The number of rotatable bonds is 2. The Balaban J connectivity index is 1.82. The van der Waals surface area contributed by atoms with Crippen LogP contribution < -0.4 is 0 Å². The fourth-order valence-corrected chi connectivity index (χ4v) is 2.71. The zero-order chi connectivity index (χ0) is 12.9. The van der Waals surface area contributed by atoms with Crippen molar-refractivity contribution in [3.8, 4) is 0 Å². The summed E-state index contributed by atoms with van der Waals surface area (Å²) >= 11 is 0. The van der Waals surface area contributed by atoms with Crippen LogP contribution in [0.1, 0.15) is 49.3 Å². The number of hydrogen-bond acceptors (Lipinski definition) is 3. The van der Waals surface area contributed by atoms with Crippen molar-refractivity contribution in [3.05, 3.63) is 41.7 Å². The minimum Gasteiger partial charge on any atom is -0.315 e. The van der Waals surface area contributed by atoms with Gasteiger partial charge >= 0.3 is 0 Å². The Morgan fingerprint density at radius 2 is 1.95 bits per heavy atom. The molecule has 0 unspecified atom stereocenters. The van der Waals surface area contributed by atoms with E-state index in [-0.39, 0.29) is 0 Å². The van der Waals surface area contributed by atoms with E-state index in [0.717, 1.165) is 25.2 Å². The molecule has 0 atom stereocenters. The predicted molar refractivity (Wildman–Crippen MR) is 73.9 cm³/mol. The number of pyridine rings is 1. The molecular weight excluding hydrogens is 236 g/mol. The first kappa shape index (κ1) is 12.3. The third-order valence-electron chi connectivity index (χ3n) is 3.77. The second kappa shape index (κ2) is 5.95. The van der Waals surface area contributed by atoms with Crippen molar-refractivity contribution in [2.45, 2.75) is 51.5 Å². The van der Waals surface area contributed by atoms with E-state index in [4.69, 9.17) is 0 Å². The largest absolute Gasteiger partial charge is 0.315 e. The van der Waals surface area contributed by atoms with Crippen LogP contribution in [0.3, 0.4) is 0 Å². The lowest BCUT2D eigenvalue weighted by Crippen LogP contribution is -2.08. The van der Waals surface area contributed by atoms with E-state index in [1.54, 1.807) is 0 Å². The highest BCUT2D eigenvalue weighted by molar-refractivity contribution is 5.15.